The average molecular weight is 336 g/mol. The van der Waals surface area contributed by atoms with E-state index in [1.54, 1.807) is 30.3 Å². The van der Waals surface area contributed by atoms with Gasteiger partial charge in [-0.05, 0) is 48.0 Å². The Morgan fingerprint density at radius 2 is 1.68 bits per heavy atom. The molecule has 0 saturated heterocycles. The highest BCUT2D eigenvalue weighted by atomic mass is 19.1. The van der Waals surface area contributed by atoms with Gasteiger partial charge in [-0.25, -0.2) is 8.78 Å². The second-order valence-corrected chi connectivity index (χ2v) is 5.94. The lowest BCUT2D eigenvalue weighted by molar-refractivity contribution is 0.100. The number of hydrogen-bond acceptors (Lipinski definition) is 1. The van der Waals surface area contributed by atoms with E-state index < -0.39 is 5.91 Å². The molecule has 0 saturated carbocycles. The number of rotatable bonds is 3. The number of nitrogens with two attached hydrogens (primary N) is 1. The van der Waals surface area contributed by atoms with Crippen molar-refractivity contribution in [3.8, 4) is 0 Å². The summed E-state index contributed by atoms with van der Waals surface area (Å²) in [5, 5.41) is 1.42. The van der Waals surface area contributed by atoms with Crippen LogP contribution in [-0.2, 0) is 6.54 Å². The normalized spacial score (nSPS) is 11.3. The second kappa shape index (κ2) is 5.70. The number of hydrogen-bond donors (Lipinski definition) is 1. The molecule has 1 heterocycles. The highest BCUT2D eigenvalue weighted by Crippen LogP contribution is 2.32. The number of benzene rings is 3. The van der Waals surface area contributed by atoms with Crippen molar-refractivity contribution in [1.82, 2.24) is 4.57 Å². The molecule has 3 nitrogen and oxygen atoms in total. The molecule has 2 N–H and O–H groups in total. The summed E-state index contributed by atoms with van der Waals surface area (Å²) in [5.41, 5.74) is 8.02. The Morgan fingerprint density at radius 3 is 2.44 bits per heavy atom. The molecule has 0 fully saturated rings. The van der Waals surface area contributed by atoms with Gasteiger partial charge >= 0.3 is 0 Å². The van der Waals surface area contributed by atoms with Crippen molar-refractivity contribution in [2.75, 3.05) is 0 Å². The van der Waals surface area contributed by atoms with E-state index in [0.717, 1.165) is 16.5 Å². The minimum atomic E-state index is -0.542. The summed E-state index contributed by atoms with van der Waals surface area (Å²) in [7, 11) is 0. The van der Waals surface area contributed by atoms with Crippen molar-refractivity contribution < 1.29 is 13.6 Å². The van der Waals surface area contributed by atoms with E-state index in [1.165, 1.54) is 24.3 Å². The van der Waals surface area contributed by atoms with E-state index >= 15 is 0 Å². The van der Waals surface area contributed by atoms with Crippen molar-refractivity contribution in [3.63, 3.8) is 0 Å². The van der Waals surface area contributed by atoms with Gasteiger partial charge in [-0.1, -0.05) is 18.2 Å². The number of carbonyl (C=O) groups is 1. The Balaban J connectivity index is 2.06. The summed E-state index contributed by atoms with van der Waals surface area (Å²) >= 11 is 0. The van der Waals surface area contributed by atoms with Gasteiger partial charge in [0, 0.05) is 22.9 Å². The first-order valence-corrected chi connectivity index (χ1v) is 7.79. The van der Waals surface area contributed by atoms with E-state index in [-0.39, 0.29) is 11.6 Å². The maximum absolute atomic E-state index is 13.8. The van der Waals surface area contributed by atoms with Gasteiger partial charge in [0.15, 0.2) is 0 Å². The Morgan fingerprint density at radius 1 is 0.920 bits per heavy atom. The lowest BCUT2D eigenvalue weighted by Gasteiger charge is -2.08. The average Bonchev–Trinajstić information content (AvgIpc) is 2.88. The van der Waals surface area contributed by atoms with E-state index in [2.05, 4.69) is 0 Å². The molecule has 0 bridgehead atoms. The predicted molar refractivity (Wildman–Crippen MR) is 93.4 cm³/mol. The van der Waals surface area contributed by atoms with Gasteiger partial charge in [0.05, 0.1) is 11.0 Å². The van der Waals surface area contributed by atoms with Gasteiger partial charge in [0.1, 0.15) is 11.6 Å². The van der Waals surface area contributed by atoms with Crippen LogP contribution in [0.5, 0.6) is 0 Å². The number of aromatic nitrogens is 1. The standard InChI is InChI=1S/C20H14F2N2O/c21-13-4-1-3-12(9-13)11-24-17-6-2-5-16(20(23)25)19(17)15-8-7-14(22)10-18(15)24/h1-10H,11H2,(H2,23,25). The van der Waals surface area contributed by atoms with Gasteiger partial charge in [-0.3, -0.25) is 4.79 Å². The van der Waals surface area contributed by atoms with Crippen molar-refractivity contribution >= 4 is 27.7 Å². The van der Waals surface area contributed by atoms with E-state index in [9.17, 15) is 13.6 Å². The molecule has 0 atom stereocenters. The lowest BCUT2D eigenvalue weighted by Crippen LogP contribution is -2.11. The first-order valence-electron chi connectivity index (χ1n) is 7.79. The van der Waals surface area contributed by atoms with Gasteiger partial charge in [0.2, 0.25) is 5.91 Å². The Kier molecular flexibility index (Phi) is 3.50. The Bertz CT molecular complexity index is 1130. The monoisotopic (exact) mass is 336 g/mol. The fraction of sp³-hybridized carbons (Fsp3) is 0.0500. The van der Waals surface area contributed by atoms with Crippen LogP contribution in [0.15, 0.2) is 60.7 Å². The van der Waals surface area contributed by atoms with Crippen LogP contribution in [0.1, 0.15) is 15.9 Å². The first-order chi connectivity index (χ1) is 12.0. The summed E-state index contributed by atoms with van der Waals surface area (Å²) < 4.78 is 29.2. The number of carbonyl (C=O) groups excluding carboxylic acids is 1. The molecule has 0 aliphatic carbocycles. The van der Waals surface area contributed by atoms with Crippen LogP contribution in [0.25, 0.3) is 21.8 Å². The second-order valence-electron chi connectivity index (χ2n) is 5.94. The van der Waals surface area contributed by atoms with Crippen LogP contribution in [0, 0.1) is 11.6 Å². The SMILES string of the molecule is NC(=O)c1cccc2c1c1ccc(F)cc1n2Cc1cccc(F)c1. The lowest BCUT2D eigenvalue weighted by atomic mass is 10.1. The molecule has 5 heteroatoms. The minimum absolute atomic E-state index is 0.331. The number of amides is 1. The van der Waals surface area contributed by atoms with Crippen molar-refractivity contribution in [2.24, 2.45) is 5.73 Å². The molecule has 1 amide bonds. The zero-order chi connectivity index (χ0) is 17.6. The van der Waals surface area contributed by atoms with Crippen LogP contribution in [0.2, 0.25) is 0 Å². The molecular weight excluding hydrogens is 322 g/mol. The van der Waals surface area contributed by atoms with Crippen LogP contribution in [-0.4, -0.2) is 10.5 Å². The van der Waals surface area contributed by atoms with E-state index in [4.69, 9.17) is 5.73 Å². The quantitative estimate of drug-likeness (QED) is 0.598. The molecule has 1 aromatic heterocycles. The maximum Gasteiger partial charge on any atom is 0.249 e. The van der Waals surface area contributed by atoms with Crippen molar-refractivity contribution in [2.45, 2.75) is 6.54 Å². The number of halogens is 2. The molecule has 0 radical (unpaired) electrons. The number of fused-ring (bicyclic) bond motifs is 3. The molecule has 0 aliphatic heterocycles. The fourth-order valence-electron chi connectivity index (χ4n) is 3.31. The predicted octanol–water partition coefficient (Wildman–Crippen LogP) is 4.22. The molecular formula is C20H14F2N2O. The molecule has 4 rings (SSSR count). The van der Waals surface area contributed by atoms with Crippen LogP contribution in [0.4, 0.5) is 8.78 Å². The Labute approximate surface area is 142 Å². The fourth-order valence-corrected chi connectivity index (χ4v) is 3.31. The third-order valence-electron chi connectivity index (χ3n) is 4.35. The smallest absolute Gasteiger partial charge is 0.249 e. The largest absolute Gasteiger partial charge is 0.366 e. The summed E-state index contributed by atoms with van der Waals surface area (Å²) in [4.78, 5) is 11.8. The first kappa shape index (κ1) is 15.3. The number of nitrogens with zero attached hydrogens (tertiary/aromatic N) is 1. The number of primary amides is 1. The van der Waals surface area contributed by atoms with E-state index in [1.807, 2.05) is 10.6 Å². The summed E-state index contributed by atoms with van der Waals surface area (Å²) in [6.07, 6.45) is 0. The topological polar surface area (TPSA) is 48.0 Å². The Hall–Kier alpha value is -3.21. The van der Waals surface area contributed by atoms with Gasteiger partial charge < -0.3 is 10.3 Å². The zero-order valence-electron chi connectivity index (χ0n) is 13.2. The summed E-state index contributed by atoms with van der Waals surface area (Å²) in [6.45, 7) is 0.351. The summed E-state index contributed by atoms with van der Waals surface area (Å²) in [5.74, 6) is -1.25. The zero-order valence-corrected chi connectivity index (χ0v) is 13.2. The molecule has 0 aliphatic rings. The molecule has 0 unspecified atom stereocenters. The molecule has 124 valence electrons. The van der Waals surface area contributed by atoms with E-state index in [0.29, 0.717) is 23.0 Å². The van der Waals surface area contributed by atoms with Crippen molar-refractivity contribution in [1.29, 1.82) is 0 Å². The highest BCUT2D eigenvalue weighted by Gasteiger charge is 2.17. The maximum atomic E-state index is 13.8. The summed E-state index contributed by atoms with van der Waals surface area (Å²) in [6, 6.07) is 15.9. The molecule has 0 spiro atoms. The third kappa shape index (κ3) is 2.54. The minimum Gasteiger partial charge on any atom is -0.366 e. The molecule has 4 aromatic rings. The van der Waals surface area contributed by atoms with Gasteiger partial charge in [0.25, 0.3) is 0 Å². The van der Waals surface area contributed by atoms with Crippen LogP contribution in [0.3, 0.4) is 0 Å². The van der Waals surface area contributed by atoms with Crippen LogP contribution >= 0.6 is 0 Å². The third-order valence-corrected chi connectivity index (χ3v) is 4.35. The van der Waals surface area contributed by atoms with Gasteiger partial charge in [-0.15, -0.1) is 0 Å². The highest BCUT2D eigenvalue weighted by molar-refractivity contribution is 6.17. The molecule has 25 heavy (non-hydrogen) atoms. The molecule has 3 aromatic carbocycles. The van der Waals surface area contributed by atoms with Crippen molar-refractivity contribution in [3.05, 3.63) is 83.4 Å². The van der Waals surface area contributed by atoms with Gasteiger partial charge in [-0.2, -0.15) is 0 Å². The van der Waals surface area contributed by atoms with Crippen LogP contribution < -0.4 is 5.73 Å².